The number of nitrogens with one attached hydrogen (secondary N) is 1. The Bertz CT molecular complexity index is 756. The van der Waals surface area contributed by atoms with Gasteiger partial charge in [-0.25, -0.2) is 4.79 Å². The van der Waals surface area contributed by atoms with Crippen LogP contribution in [0.1, 0.15) is 46.3 Å². The molecule has 1 N–H and O–H groups in total. The van der Waals surface area contributed by atoms with E-state index in [4.69, 9.17) is 9.47 Å². The first-order valence-corrected chi connectivity index (χ1v) is 10.7. The molecule has 1 amide bonds. The molecular weight excluding hydrogens is 364 g/mol. The van der Waals surface area contributed by atoms with Crippen LogP contribution in [0.2, 0.25) is 0 Å². The number of rotatable bonds is 5. The van der Waals surface area contributed by atoms with Crippen LogP contribution in [0.25, 0.3) is 0 Å². The summed E-state index contributed by atoms with van der Waals surface area (Å²) in [6.45, 7) is 11.6. The Labute approximate surface area is 175 Å². The maximum absolute atomic E-state index is 12.1. The van der Waals surface area contributed by atoms with E-state index in [0.717, 1.165) is 0 Å². The summed E-state index contributed by atoms with van der Waals surface area (Å²) in [5.41, 5.74) is 3.56. The molecule has 5 atom stereocenters. The van der Waals surface area contributed by atoms with E-state index in [-0.39, 0.29) is 35.5 Å². The lowest BCUT2D eigenvalue weighted by atomic mass is 9.56. The van der Waals surface area contributed by atoms with E-state index in [1.165, 1.54) is 16.8 Å². The Kier molecular flexibility index (Phi) is 6.27. The summed E-state index contributed by atoms with van der Waals surface area (Å²) in [4.78, 5) is 14.2. The minimum atomic E-state index is -0.349. The number of ether oxygens (including phenoxy) is 2. The van der Waals surface area contributed by atoms with Crippen molar-refractivity contribution >= 4 is 11.8 Å². The van der Waals surface area contributed by atoms with Crippen LogP contribution in [0.5, 0.6) is 0 Å². The number of carbonyl (C=O) groups is 1. The number of allylic oxidation sites excluding steroid dienone is 1. The number of amides is 1. The van der Waals surface area contributed by atoms with Gasteiger partial charge in [0.05, 0.1) is 12.7 Å². The minimum absolute atomic E-state index is 0.0302. The average Bonchev–Trinajstić information content (AvgIpc) is 2.65. The van der Waals surface area contributed by atoms with Gasteiger partial charge in [-0.05, 0) is 50.3 Å². The average molecular weight is 401 g/mol. The Balaban J connectivity index is 1.83. The molecule has 29 heavy (non-hydrogen) atoms. The van der Waals surface area contributed by atoms with Gasteiger partial charge in [0.15, 0.2) is 0 Å². The predicted octanol–water partition coefficient (Wildman–Crippen LogP) is 4.79. The lowest BCUT2D eigenvalue weighted by Crippen LogP contribution is -2.55. The number of anilines is 1. The summed E-state index contributed by atoms with van der Waals surface area (Å²) < 4.78 is 12.2. The molecule has 1 saturated heterocycles. The van der Waals surface area contributed by atoms with E-state index in [2.05, 4.69) is 61.3 Å². The van der Waals surface area contributed by atoms with Gasteiger partial charge in [-0.3, -0.25) is 0 Å². The second kappa shape index (κ2) is 8.39. The van der Waals surface area contributed by atoms with E-state index < -0.39 is 0 Å². The standard InChI is InChI=1S/C24H36N2O3/c1-15(2)25-23(27)29-14-24-13-28-22(19-8-10-20(11-9-19)26(6)7)21(18(24)5)16(3)12-17(24)4/h8-12,15,17-18,21-22H,13-14H2,1-7H3,(H,25,27)/t17-,18-,21+,22+,24-/m1/s1. The van der Waals surface area contributed by atoms with Gasteiger partial charge in [-0.2, -0.15) is 0 Å². The zero-order valence-corrected chi connectivity index (χ0v) is 18.9. The summed E-state index contributed by atoms with van der Waals surface area (Å²) >= 11 is 0. The van der Waals surface area contributed by atoms with Gasteiger partial charge in [0.2, 0.25) is 0 Å². The molecule has 0 unspecified atom stereocenters. The number of alkyl carbamates (subject to hydrolysis) is 1. The molecule has 0 spiro atoms. The van der Waals surface area contributed by atoms with E-state index >= 15 is 0 Å². The highest BCUT2D eigenvalue weighted by Crippen LogP contribution is 2.56. The van der Waals surface area contributed by atoms with E-state index in [1.807, 2.05) is 27.9 Å². The molecule has 1 aromatic carbocycles. The van der Waals surface area contributed by atoms with Gasteiger partial charge in [0.25, 0.3) is 0 Å². The van der Waals surface area contributed by atoms with E-state index in [0.29, 0.717) is 19.1 Å². The molecule has 1 heterocycles. The maximum atomic E-state index is 12.1. The monoisotopic (exact) mass is 400 g/mol. The second-order valence-corrected chi connectivity index (χ2v) is 9.34. The number of fused-ring (bicyclic) bond motifs is 2. The van der Waals surface area contributed by atoms with Crippen molar-refractivity contribution in [1.82, 2.24) is 5.32 Å². The Morgan fingerprint density at radius 2 is 1.93 bits per heavy atom. The molecule has 1 aromatic rings. The van der Waals surface area contributed by atoms with Gasteiger partial charge >= 0.3 is 6.09 Å². The fraction of sp³-hybridized carbons (Fsp3) is 0.625. The largest absolute Gasteiger partial charge is 0.449 e. The predicted molar refractivity (Wildman–Crippen MR) is 117 cm³/mol. The fourth-order valence-electron chi connectivity index (χ4n) is 5.00. The van der Waals surface area contributed by atoms with Crippen LogP contribution in [0.15, 0.2) is 35.9 Å². The number of hydrogen-bond donors (Lipinski definition) is 1. The first-order valence-electron chi connectivity index (χ1n) is 10.7. The van der Waals surface area contributed by atoms with Crippen LogP contribution < -0.4 is 10.2 Å². The first-order chi connectivity index (χ1) is 13.7. The number of hydrogen-bond acceptors (Lipinski definition) is 4. The Morgan fingerprint density at radius 1 is 1.28 bits per heavy atom. The summed E-state index contributed by atoms with van der Waals surface area (Å²) in [6.07, 6.45) is 2.04. The second-order valence-electron chi connectivity index (χ2n) is 9.34. The van der Waals surface area contributed by atoms with Gasteiger partial charge in [-0.1, -0.05) is 37.6 Å². The first kappa shape index (κ1) is 21.7. The van der Waals surface area contributed by atoms with Crippen LogP contribution >= 0.6 is 0 Å². The molecule has 0 aromatic heterocycles. The third kappa shape index (κ3) is 4.16. The van der Waals surface area contributed by atoms with Crippen LogP contribution in [0.4, 0.5) is 10.5 Å². The third-order valence-electron chi connectivity index (χ3n) is 6.87. The van der Waals surface area contributed by atoms with Gasteiger partial charge in [0, 0.05) is 37.2 Å². The third-order valence-corrected chi connectivity index (χ3v) is 6.87. The number of carbonyl (C=O) groups excluding carboxylic acids is 1. The molecule has 1 aliphatic carbocycles. The summed E-state index contributed by atoms with van der Waals surface area (Å²) in [6, 6.07) is 8.72. The molecule has 3 rings (SSSR count). The summed E-state index contributed by atoms with van der Waals surface area (Å²) in [7, 11) is 4.10. The maximum Gasteiger partial charge on any atom is 0.407 e. The van der Waals surface area contributed by atoms with Crippen LogP contribution in [0.3, 0.4) is 0 Å². The quantitative estimate of drug-likeness (QED) is 0.722. The summed E-state index contributed by atoms with van der Waals surface area (Å²) in [5, 5.41) is 2.82. The highest BCUT2D eigenvalue weighted by Gasteiger charge is 2.54. The molecule has 5 nitrogen and oxygen atoms in total. The molecular formula is C24H36N2O3. The van der Waals surface area contributed by atoms with Crippen LogP contribution in [-0.2, 0) is 9.47 Å². The number of nitrogens with zero attached hydrogens (tertiary/aromatic N) is 1. The molecule has 2 bridgehead atoms. The van der Waals surface area contributed by atoms with Crippen molar-refractivity contribution in [3.05, 3.63) is 41.5 Å². The lowest BCUT2D eigenvalue weighted by molar-refractivity contribution is -0.165. The zero-order valence-electron chi connectivity index (χ0n) is 18.9. The van der Waals surface area contributed by atoms with Crippen molar-refractivity contribution in [3.8, 4) is 0 Å². The lowest BCUT2D eigenvalue weighted by Gasteiger charge is -2.55. The summed E-state index contributed by atoms with van der Waals surface area (Å²) in [5.74, 6) is 0.918. The SMILES string of the molecule is CC1=C[C@@H](C)[C@]2(COC(=O)NC(C)C)CO[C@@H](c3ccc(N(C)C)cc3)[C@@H]1[C@H]2C. The highest BCUT2D eigenvalue weighted by atomic mass is 16.6. The fourth-order valence-corrected chi connectivity index (χ4v) is 5.00. The van der Waals surface area contributed by atoms with Crippen molar-refractivity contribution in [2.24, 2.45) is 23.2 Å². The van der Waals surface area contributed by atoms with E-state index in [1.54, 1.807) is 0 Å². The van der Waals surface area contributed by atoms with Gasteiger partial charge in [-0.15, -0.1) is 0 Å². The minimum Gasteiger partial charge on any atom is -0.449 e. The van der Waals surface area contributed by atoms with Crippen molar-refractivity contribution in [2.75, 3.05) is 32.2 Å². The van der Waals surface area contributed by atoms with Crippen LogP contribution in [-0.4, -0.2) is 39.4 Å². The molecule has 1 aliphatic heterocycles. The molecule has 5 heteroatoms. The number of benzene rings is 1. The Morgan fingerprint density at radius 3 is 2.52 bits per heavy atom. The molecule has 0 radical (unpaired) electrons. The molecule has 2 aliphatic rings. The van der Waals surface area contributed by atoms with Crippen molar-refractivity contribution < 1.29 is 14.3 Å². The molecule has 160 valence electrons. The Hall–Kier alpha value is -2.01. The normalized spacial score (nSPS) is 31.2. The smallest absolute Gasteiger partial charge is 0.407 e. The van der Waals surface area contributed by atoms with Crippen molar-refractivity contribution in [1.29, 1.82) is 0 Å². The highest BCUT2D eigenvalue weighted by molar-refractivity contribution is 5.67. The zero-order chi connectivity index (χ0) is 21.3. The van der Waals surface area contributed by atoms with Crippen molar-refractivity contribution in [2.45, 2.75) is 46.8 Å². The van der Waals surface area contributed by atoms with Crippen LogP contribution in [0, 0.1) is 23.2 Å². The van der Waals surface area contributed by atoms with Gasteiger partial charge < -0.3 is 19.7 Å². The van der Waals surface area contributed by atoms with Gasteiger partial charge in [0.1, 0.15) is 6.61 Å². The topological polar surface area (TPSA) is 50.8 Å². The molecule has 0 saturated carbocycles. The van der Waals surface area contributed by atoms with Crippen molar-refractivity contribution in [3.63, 3.8) is 0 Å². The van der Waals surface area contributed by atoms with E-state index in [9.17, 15) is 4.79 Å². The molecule has 1 fully saturated rings.